The van der Waals surface area contributed by atoms with Crippen molar-refractivity contribution in [3.05, 3.63) is 23.0 Å². The first-order valence-corrected chi connectivity index (χ1v) is 4.57. The molecule has 0 radical (unpaired) electrons. The molecular weight excluding hydrogens is 198 g/mol. The first kappa shape index (κ1) is 11.7. The van der Waals surface area contributed by atoms with Crippen molar-refractivity contribution in [2.75, 3.05) is 7.11 Å². The van der Waals surface area contributed by atoms with Gasteiger partial charge in [-0.3, -0.25) is 0 Å². The molecular formula is C10H15NO4. The molecule has 5 heteroatoms. The van der Waals surface area contributed by atoms with Crippen molar-refractivity contribution in [3.63, 3.8) is 0 Å². The molecule has 1 heterocycles. The monoisotopic (exact) mass is 213 g/mol. The van der Waals surface area contributed by atoms with Crippen LogP contribution in [0.15, 0.2) is 6.07 Å². The van der Waals surface area contributed by atoms with Crippen LogP contribution >= 0.6 is 0 Å². The average molecular weight is 213 g/mol. The summed E-state index contributed by atoms with van der Waals surface area (Å²) in [4.78, 5) is 13.9. The predicted molar refractivity (Wildman–Crippen MR) is 53.2 cm³/mol. The number of carbonyl (C=O) groups is 1. The van der Waals surface area contributed by atoms with E-state index in [1.165, 1.54) is 0 Å². The molecule has 0 saturated carbocycles. The minimum atomic E-state index is -1.56. The second-order valence-electron chi connectivity index (χ2n) is 3.46. The van der Waals surface area contributed by atoms with Gasteiger partial charge in [-0.05, 0) is 25.5 Å². The summed E-state index contributed by atoms with van der Waals surface area (Å²) < 4.78 is 4.34. The van der Waals surface area contributed by atoms with Gasteiger partial charge in [0.05, 0.1) is 12.8 Å². The van der Waals surface area contributed by atoms with Crippen LogP contribution in [0.25, 0.3) is 0 Å². The summed E-state index contributed by atoms with van der Waals surface area (Å²) in [6, 6.07) is 1.82. The van der Waals surface area contributed by atoms with E-state index in [0.29, 0.717) is 5.69 Å². The lowest BCUT2D eigenvalue weighted by molar-refractivity contribution is -0.157. The number of aliphatic hydroxyl groups excluding tert-OH is 2. The van der Waals surface area contributed by atoms with E-state index in [0.717, 1.165) is 18.4 Å². The fraction of sp³-hybridized carbons (Fsp3) is 0.500. The number of nitrogens with one attached hydrogen (secondary N) is 1. The Bertz CT molecular complexity index is 358. The zero-order valence-corrected chi connectivity index (χ0v) is 8.94. The maximum Gasteiger partial charge on any atom is 0.337 e. The summed E-state index contributed by atoms with van der Waals surface area (Å²) in [5.41, 5.74) is 2.09. The van der Waals surface area contributed by atoms with Crippen molar-refractivity contribution >= 4 is 5.97 Å². The molecule has 0 fully saturated rings. The SMILES string of the molecule is COC(=O)C(O)C(O)c1[nH]c(C)cc1C. The van der Waals surface area contributed by atoms with Crippen molar-refractivity contribution < 1.29 is 19.7 Å². The fourth-order valence-corrected chi connectivity index (χ4v) is 1.46. The molecule has 0 saturated heterocycles. The molecule has 1 rings (SSSR count). The first-order chi connectivity index (χ1) is 6.97. The molecule has 3 N–H and O–H groups in total. The molecule has 5 nitrogen and oxygen atoms in total. The molecule has 0 spiro atoms. The number of rotatable bonds is 3. The lowest BCUT2D eigenvalue weighted by Crippen LogP contribution is -2.29. The highest BCUT2D eigenvalue weighted by atomic mass is 16.5. The van der Waals surface area contributed by atoms with Crippen molar-refractivity contribution in [3.8, 4) is 0 Å². The van der Waals surface area contributed by atoms with Crippen LogP contribution in [0, 0.1) is 13.8 Å². The maximum absolute atomic E-state index is 11.0. The Morgan fingerprint density at radius 3 is 2.47 bits per heavy atom. The Hall–Kier alpha value is -1.33. The maximum atomic E-state index is 11.0. The van der Waals surface area contributed by atoms with Gasteiger partial charge in [-0.1, -0.05) is 0 Å². The molecule has 0 amide bonds. The van der Waals surface area contributed by atoms with E-state index in [-0.39, 0.29) is 0 Å². The van der Waals surface area contributed by atoms with Gasteiger partial charge in [0, 0.05) is 5.69 Å². The van der Waals surface area contributed by atoms with Crippen LogP contribution in [0.3, 0.4) is 0 Å². The highest BCUT2D eigenvalue weighted by Gasteiger charge is 2.28. The fourth-order valence-electron chi connectivity index (χ4n) is 1.46. The normalized spacial score (nSPS) is 14.7. The van der Waals surface area contributed by atoms with Crippen LogP contribution in [0.1, 0.15) is 23.1 Å². The van der Waals surface area contributed by atoms with Gasteiger partial charge < -0.3 is 19.9 Å². The predicted octanol–water partition coefficient (Wildman–Crippen LogP) is 0.199. The second-order valence-corrected chi connectivity index (χ2v) is 3.46. The number of aryl methyl sites for hydroxylation is 2. The van der Waals surface area contributed by atoms with E-state index in [1.54, 1.807) is 6.92 Å². The van der Waals surface area contributed by atoms with E-state index in [1.807, 2.05) is 13.0 Å². The van der Waals surface area contributed by atoms with Crippen molar-refractivity contribution in [2.24, 2.45) is 0 Å². The zero-order chi connectivity index (χ0) is 11.6. The molecule has 1 aromatic rings. The zero-order valence-electron chi connectivity index (χ0n) is 8.94. The van der Waals surface area contributed by atoms with Crippen molar-refractivity contribution in [2.45, 2.75) is 26.1 Å². The number of aliphatic hydroxyl groups is 2. The van der Waals surface area contributed by atoms with Crippen molar-refractivity contribution in [1.29, 1.82) is 0 Å². The molecule has 1 aromatic heterocycles. The standard InChI is InChI=1S/C10H15NO4/c1-5-4-6(2)11-7(5)8(12)9(13)10(14)15-3/h4,8-9,11-13H,1-3H3. The molecule has 0 bridgehead atoms. The third-order valence-corrected chi connectivity index (χ3v) is 2.23. The van der Waals surface area contributed by atoms with Gasteiger partial charge in [-0.15, -0.1) is 0 Å². The van der Waals surface area contributed by atoms with E-state index in [4.69, 9.17) is 0 Å². The van der Waals surface area contributed by atoms with E-state index >= 15 is 0 Å². The number of hydrogen-bond acceptors (Lipinski definition) is 4. The number of carbonyl (C=O) groups excluding carboxylic acids is 1. The number of methoxy groups -OCH3 is 1. The molecule has 0 aliphatic rings. The number of ether oxygens (including phenoxy) is 1. The summed E-state index contributed by atoms with van der Waals surface area (Å²) in [7, 11) is 1.16. The molecule has 0 aliphatic carbocycles. The molecule has 2 unspecified atom stereocenters. The molecule has 2 atom stereocenters. The minimum Gasteiger partial charge on any atom is -0.467 e. The third-order valence-electron chi connectivity index (χ3n) is 2.23. The summed E-state index contributed by atoms with van der Waals surface area (Å²) in [5, 5.41) is 19.1. The number of aromatic nitrogens is 1. The molecule has 0 aromatic carbocycles. The molecule has 84 valence electrons. The Kier molecular flexibility index (Phi) is 3.49. The van der Waals surface area contributed by atoms with Crippen LogP contribution < -0.4 is 0 Å². The van der Waals surface area contributed by atoms with Gasteiger partial charge >= 0.3 is 5.97 Å². The Morgan fingerprint density at radius 2 is 2.07 bits per heavy atom. The summed E-state index contributed by atoms with van der Waals surface area (Å²) in [6.45, 7) is 3.61. The summed E-state index contributed by atoms with van der Waals surface area (Å²) in [5.74, 6) is -0.853. The van der Waals surface area contributed by atoms with Crippen molar-refractivity contribution in [1.82, 2.24) is 4.98 Å². The van der Waals surface area contributed by atoms with Gasteiger partial charge in [0.25, 0.3) is 0 Å². The van der Waals surface area contributed by atoms with Crippen LogP contribution in [0.4, 0.5) is 0 Å². The number of esters is 1. The summed E-state index contributed by atoms with van der Waals surface area (Å²) >= 11 is 0. The van der Waals surface area contributed by atoms with Gasteiger partial charge in [-0.25, -0.2) is 4.79 Å². The van der Waals surface area contributed by atoms with E-state index in [9.17, 15) is 15.0 Å². The quantitative estimate of drug-likeness (QED) is 0.626. The Balaban J connectivity index is 2.89. The number of H-pyrrole nitrogens is 1. The number of aromatic amines is 1. The highest BCUT2D eigenvalue weighted by molar-refractivity contribution is 5.75. The van der Waals surface area contributed by atoms with Crippen LogP contribution in [0.2, 0.25) is 0 Å². The molecule has 15 heavy (non-hydrogen) atoms. The minimum absolute atomic E-state index is 0.436. The lowest BCUT2D eigenvalue weighted by atomic mass is 10.1. The third kappa shape index (κ3) is 2.37. The van der Waals surface area contributed by atoms with Gasteiger partial charge in [-0.2, -0.15) is 0 Å². The average Bonchev–Trinajstić information content (AvgIpc) is 2.54. The van der Waals surface area contributed by atoms with E-state index < -0.39 is 18.2 Å². The van der Waals surface area contributed by atoms with Gasteiger partial charge in [0.2, 0.25) is 0 Å². The van der Waals surface area contributed by atoms with E-state index in [2.05, 4.69) is 9.72 Å². The highest BCUT2D eigenvalue weighted by Crippen LogP contribution is 2.21. The number of hydrogen-bond donors (Lipinski definition) is 3. The largest absolute Gasteiger partial charge is 0.467 e. The van der Waals surface area contributed by atoms with Gasteiger partial charge in [0.1, 0.15) is 6.10 Å². The lowest BCUT2D eigenvalue weighted by Gasteiger charge is -2.15. The Labute approximate surface area is 87.7 Å². The topological polar surface area (TPSA) is 82.6 Å². The Morgan fingerprint density at radius 1 is 1.47 bits per heavy atom. The molecule has 0 aliphatic heterocycles. The van der Waals surface area contributed by atoms with Gasteiger partial charge in [0.15, 0.2) is 6.10 Å². The first-order valence-electron chi connectivity index (χ1n) is 4.57. The van der Waals surface area contributed by atoms with Crippen LogP contribution in [0.5, 0.6) is 0 Å². The second kappa shape index (κ2) is 4.46. The van der Waals surface area contributed by atoms with Crippen LogP contribution in [-0.4, -0.2) is 34.4 Å². The van der Waals surface area contributed by atoms with Crippen LogP contribution in [-0.2, 0) is 9.53 Å². The smallest absolute Gasteiger partial charge is 0.337 e. The summed E-state index contributed by atoms with van der Waals surface area (Å²) in [6.07, 6.45) is -2.85.